The molecule has 0 fully saturated rings. The summed E-state index contributed by atoms with van der Waals surface area (Å²) in [5.74, 6) is 7.06. The molecule has 0 aliphatic heterocycles. The van der Waals surface area contributed by atoms with Gasteiger partial charge in [-0.3, -0.25) is 4.98 Å². The first-order valence-corrected chi connectivity index (χ1v) is 3.62. The molecule has 2 rings (SSSR count). The van der Waals surface area contributed by atoms with Gasteiger partial charge in [-0.25, -0.2) is 4.98 Å². The summed E-state index contributed by atoms with van der Waals surface area (Å²) < 4.78 is 0. The summed E-state index contributed by atoms with van der Waals surface area (Å²) in [6, 6.07) is 0. The Hall–Kier alpha value is -1.76. The zero-order chi connectivity index (χ0) is 8.55. The van der Waals surface area contributed by atoms with E-state index in [2.05, 4.69) is 27.1 Å². The van der Waals surface area contributed by atoms with Gasteiger partial charge in [-0.2, -0.15) is 0 Å². The third-order valence-electron chi connectivity index (χ3n) is 1.62. The highest BCUT2D eigenvalue weighted by atomic mass is 15.0. The zero-order valence-corrected chi connectivity index (χ0v) is 6.63. The lowest BCUT2D eigenvalue weighted by Gasteiger charge is -2.05. The fourth-order valence-corrected chi connectivity index (χ4v) is 0.986. The molecule has 1 aliphatic rings. The number of hydrogen-bond acceptors (Lipinski definition) is 4. The van der Waals surface area contributed by atoms with Gasteiger partial charge in [0.05, 0.1) is 6.20 Å². The molecule has 0 aromatic carbocycles. The number of nitrogens with one attached hydrogen (secondary N) is 1. The zero-order valence-electron chi connectivity index (χ0n) is 6.63. The fourth-order valence-electron chi connectivity index (χ4n) is 0.986. The molecule has 3 N–H and O–H groups in total. The number of nitrogens with zero attached hydrogens (tertiary/aromatic N) is 2. The van der Waals surface area contributed by atoms with Crippen molar-refractivity contribution in [2.24, 2.45) is 0 Å². The second-order valence-corrected chi connectivity index (χ2v) is 2.50. The van der Waals surface area contributed by atoms with Gasteiger partial charge in [-0.05, 0) is 0 Å². The van der Waals surface area contributed by atoms with Crippen molar-refractivity contribution in [3.8, 4) is 11.8 Å². The van der Waals surface area contributed by atoms with E-state index in [-0.39, 0.29) is 5.92 Å². The number of nitrogens with two attached hydrogens (primary N) is 1. The molecule has 0 atom stereocenters. The third-order valence-corrected chi connectivity index (χ3v) is 1.62. The van der Waals surface area contributed by atoms with E-state index in [1.807, 2.05) is 0 Å². The van der Waals surface area contributed by atoms with Crippen LogP contribution < -0.4 is 11.1 Å². The highest BCUT2D eigenvalue weighted by Crippen LogP contribution is 2.25. The first-order chi connectivity index (χ1) is 5.81. The van der Waals surface area contributed by atoms with E-state index in [1.54, 1.807) is 7.05 Å². The Kier molecular flexibility index (Phi) is 1.37. The molecule has 0 amide bonds. The van der Waals surface area contributed by atoms with Crippen LogP contribution in [0.3, 0.4) is 0 Å². The molecule has 4 nitrogen and oxygen atoms in total. The van der Waals surface area contributed by atoms with Gasteiger partial charge in [0.2, 0.25) is 0 Å². The molecule has 0 bridgehead atoms. The smallest absolute Gasteiger partial charge is 0.152 e. The minimum Gasteiger partial charge on any atom is -0.382 e. The lowest BCUT2D eigenvalue weighted by molar-refractivity contribution is 1.05. The first-order valence-electron chi connectivity index (χ1n) is 3.62. The van der Waals surface area contributed by atoms with Crippen LogP contribution >= 0.6 is 0 Å². The number of nitrogen functional groups attached to an aromatic ring is 1. The van der Waals surface area contributed by atoms with Gasteiger partial charge in [0.1, 0.15) is 17.4 Å². The Bertz CT molecular complexity index is 366. The molecule has 0 saturated carbocycles. The number of anilines is 2. The predicted octanol–water partition coefficient (Wildman–Crippen LogP) is 0.201. The SMILES string of the molecule is CNc1nc(N)cnc1C1C#C1. The molecule has 60 valence electrons. The molecule has 0 saturated heterocycles. The van der Waals surface area contributed by atoms with Crippen LogP contribution in [0, 0.1) is 11.8 Å². The Labute approximate surface area is 70.2 Å². The van der Waals surface area contributed by atoms with Gasteiger partial charge in [-0.1, -0.05) is 11.8 Å². The van der Waals surface area contributed by atoms with Crippen molar-refractivity contribution < 1.29 is 0 Å². The van der Waals surface area contributed by atoms with E-state index in [0.29, 0.717) is 11.6 Å². The molecule has 1 aromatic heterocycles. The van der Waals surface area contributed by atoms with E-state index in [9.17, 15) is 0 Å². The van der Waals surface area contributed by atoms with E-state index in [4.69, 9.17) is 5.73 Å². The molecular weight excluding hydrogens is 152 g/mol. The summed E-state index contributed by atoms with van der Waals surface area (Å²) in [6.45, 7) is 0. The van der Waals surface area contributed by atoms with Crippen molar-refractivity contribution >= 4 is 11.6 Å². The first kappa shape index (κ1) is 6.92. The monoisotopic (exact) mass is 160 g/mol. The van der Waals surface area contributed by atoms with Crippen LogP contribution in [0.2, 0.25) is 0 Å². The highest BCUT2D eigenvalue weighted by molar-refractivity contribution is 5.56. The second-order valence-electron chi connectivity index (χ2n) is 2.50. The number of aromatic nitrogens is 2. The van der Waals surface area contributed by atoms with Gasteiger partial charge in [0, 0.05) is 7.05 Å². The summed E-state index contributed by atoms with van der Waals surface area (Å²) >= 11 is 0. The van der Waals surface area contributed by atoms with Crippen LogP contribution in [-0.2, 0) is 0 Å². The standard InChI is InChI=1S/C8H8N4/c1-10-8-7(5-2-3-5)11-4-6(9)12-8/h4-5H,1H3,(H3,9,10,12). The third kappa shape index (κ3) is 1.05. The van der Waals surface area contributed by atoms with Crippen molar-refractivity contribution in [3.63, 3.8) is 0 Å². The maximum atomic E-state index is 5.47. The van der Waals surface area contributed by atoms with E-state index in [0.717, 1.165) is 5.69 Å². The summed E-state index contributed by atoms with van der Waals surface area (Å²) in [5.41, 5.74) is 6.31. The van der Waals surface area contributed by atoms with Crippen LogP contribution in [0.5, 0.6) is 0 Å². The average molecular weight is 160 g/mol. The van der Waals surface area contributed by atoms with Crippen LogP contribution in [-0.4, -0.2) is 17.0 Å². The Balaban J connectivity index is 2.39. The molecule has 4 heteroatoms. The summed E-state index contributed by atoms with van der Waals surface area (Å²) in [7, 11) is 1.79. The van der Waals surface area contributed by atoms with Crippen LogP contribution in [0.25, 0.3) is 0 Å². The van der Waals surface area contributed by atoms with E-state index in [1.165, 1.54) is 6.20 Å². The minimum atomic E-state index is 0.112. The highest BCUT2D eigenvalue weighted by Gasteiger charge is 2.19. The number of hydrogen-bond donors (Lipinski definition) is 2. The van der Waals surface area contributed by atoms with Gasteiger partial charge in [0.25, 0.3) is 0 Å². The van der Waals surface area contributed by atoms with Crippen LogP contribution in [0.1, 0.15) is 11.6 Å². The van der Waals surface area contributed by atoms with E-state index < -0.39 is 0 Å². The van der Waals surface area contributed by atoms with Crippen molar-refractivity contribution in [2.75, 3.05) is 18.1 Å². The van der Waals surface area contributed by atoms with Gasteiger partial charge in [0.15, 0.2) is 5.82 Å². The lowest BCUT2D eigenvalue weighted by atomic mass is 10.2. The Morgan fingerprint density at radius 3 is 2.92 bits per heavy atom. The van der Waals surface area contributed by atoms with E-state index >= 15 is 0 Å². The fraction of sp³-hybridized carbons (Fsp3) is 0.250. The Morgan fingerprint density at radius 1 is 1.58 bits per heavy atom. The van der Waals surface area contributed by atoms with Crippen molar-refractivity contribution in [2.45, 2.75) is 5.92 Å². The topological polar surface area (TPSA) is 63.8 Å². The van der Waals surface area contributed by atoms with Gasteiger partial charge >= 0.3 is 0 Å². The summed E-state index contributed by atoms with van der Waals surface area (Å²) in [6.07, 6.45) is 1.54. The molecular formula is C8H8N4. The average Bonchev–Trinajstić information content (AvgIpc) is 2.87. The Morgan fingerprint density at radius 2 is 2.33 bits per heavy atom. The quantitative estimate of drug-likeness (QED) is 0.607. The predicted molar refractivity (Wildman–Crippen MR) is 46.5 cm³/mol. The van der Waals surface area contributed by atoms with Crippen molar-refractivity contribution in [1.29, 1.82) is 0 Å². The van der Waals surface area contributed by atoms with Crippen LogP contribution in [0.15, 0.2) is 6.20 Å². The maximum Gasteiger partial charge on any atom is 0.152 e. The second kappa shape index (κ2) is 2.38. The maximum absolute atomic E-state index is 5.47. The molecule has 12 heavy (non-hydrogen) atoms. The lowest BCUT2D eigenvalue weighted by Crippen LogP contribution is -2.04. The molecule has 0 spiro atoms. The molecule has 0 radical (unpaired) electrons. The van der Waals surface area contributed by atoms with Crippen LogP contribution in [0.4, 0.5) is 11.6 Å². The summed E-state index contributed by atoms with van der Waals surface area (Å²) in [4.78, 5) is 8.21. The molecule has 1 aromatic rings. The van der Waals surface area contributed by atoms with Crippen molar-refractivity contribution in [1.82, 2.24) is 9.97 Å². The largest absolute Gasteiger partial charge is 0.382 e. The number of rotatable bonds is 2. The molecule has 1 heterocycles. The van der Waals surface area contributed by atoms with Crippen molar-refractivity contribution in [3.05, 3.63) is 11.9 Å². The van der Waals surface area contributed by atoms with Gasteiger partial charge in [-0.15, -0.1) is 0 Å². The molecule has 1 aliphatic carbocycles. The molecule has 0 unspecified atom stereocenters. The van der Waals surface area contributed by atoms with Gasteiger partial charge < -0.3 is 11.1 Å². The normalized spacial score (nSPS) is 13.4. The summed E-state index contributed by atoms with van der Waals surface area (Å²) in [5, 5.41) is 2.92. The minimum absolute atomic E-state index is 0.112.